The molecule has 2 aromatic carbocycles. The molecule has 1 aliphatic heterocycles. The van der Waals surface area contributed by atoms with E-state index >= 15 is 0 Å². The predicted octanol–water partition coefficient (Wildman–Crippen LogP) is 2.50. The van der Waals surface area contributed by atoms with Crippen LogP contribution in [0.2, 0.25) is 0 Å². The number of aromatic nitrogens is 3. The first kappa shape index (κ1) is 18.5. The highest BCUT2D eigenvalue weighted by Crippen LogP contribution is 2.20. The number of nitrogens with one attached hydrogen (secondary N) is 2. The van der Waals surface area contributed by atoms with Gasteiger partial charge >= 0.3 is 0 Å². The quantitative estimate of drug-likeness (QED) is 0.549. The molecule has 30 heavy (non-hydrogen) atoms. The molecule has 0 unspecified atom stereocenters. The normalized spacial score (nSPS) is 15.2. The van der Waals surface area contributed by atoms with Crippen LogP contribution in [0.15, 0.2) is 53.3 Å². The van der Waals surface area contributed by atoms with Gasteiger partial charge in [0, 0.05) is 37.1 Å². The number of rotatable bonds is 3. The summed E-state index contributed by atoms with van der Waals surface area (Å²) in [5, 5.41) is 0.997. The van der Waals surface area contributed by atoms with Gasteiger partial charge in [-0.15, -0.1) is 0 Å². The zero-order valence-corrected chi connectivity index (χ0v) is 16.2. The number of H-pyrrole nitrogens is 2. The Morgan fingerprint density at radius 3 is 2.60 bits per heavy atom. The molecular weight excluding hydrogens is 385 g/mol. The van der Waals surface area contributed by atoms with E-state index in [2.05, 4.69) is 19.9 Å². The highest BCUT2D eigenvalue weighted by molar-refractivity contribution is 5.98. The molecule has 5 rings (SSSR count). The molecule has 152 valence electrons. The maximum atomic E-state index is 13.9. The molecule has 0 atom stereocenters. The fraction of sp³-hybridized carbons (Fsp3) is 0.227. The molecule has 1 saturated heterocycles. The summed E-state index contributed by atoms with van der Waals surface area (Å²) in [6, 6.07) is 13.6. The molecule has 0 aliphatic carbocycles. The van der Waals surface area contributed by atoms with Gasteiger partial charge in [0.15, 0.2) is 0 Å². The van der Waals surface area contributed by atoms with Crippen LogP contribution in [0.4, 0.5) is 4.39 Å². The summed E-state index contributed by atoms with van der Waals surface area (Å²) < 4.78 is 13.9. The SMILES string of the molecule is O=C(c1cc2c(F)cccc2[nH]1)N1CCN(Cc2nc3ccccc3c(=O)[nH]2)CC1. The van der Waals surface area contributed by atoms with Crippen molar-refractivity contribution in [3.05, 3.63) is 76.2 Å². The van der Waals surface area contributed by atoms with Crippen LogP contribution in [0.1, 0.15) is 16.3 Å². The van der Waals surface area contributed by atoms with E-state index in [0.717, 1.165) is 0 Å². The van der Waals surface area contributed by atoms with E-state index in [-0.39, 0.29) is 17.3 Å². The molecule has 8 heteroatoms. The molecule has 0 bridgehead atoms. The molecule has 4 aromatic rings. The van der Waals surface area contributed by atoms with Crippen molar-refractivity contribution in [2.45, 2.75) is 6.54 Å². The second kappa shape index (κ2) is 7.38. The number of hydrogen-bond acceptors (Lipinski definition) is 4. The van der Waals surface area contributed by atoms with Crippen molar-refractivity contribution in [3.8, 4) is 0 Å². The Bertz CT molecular complexity index is 1300. The summed E-state index contributed by atoms with van der Waals surface area (Å²) in [6.07, 6.45) is 0. The number of carbonyl (C=O) groups is 1. The maximum absolute atomic E-state index is 13.9. The zero-order chi connectivity index (χ0) is 20.7. The molecule has 0 spiro atoms. The average Bonchev–Trinajstić information content (AvgIpc) is 3.20. The van der Waals surface area contributed by atoms with Crippen LogP contribution in [0.25, 0.3) is 21.8 Å². The monoisotopic (exact) mass is 405 g/mol. The molecule has 1 fully saturated rings. The van der Waals surface area contributed by atoms with Gasteiger partial charge < -0.3 is 14.9 Å². The fourth-order valence-corrected chi connectivity index (χ4v) is 3.93. The minimum Gasteiger partial charge on any atom is -0.350 e. The summed E-state index contributed by atoms with van der Waals surface area (Å²) >= 11 is 0. The number of aromatic amines is 2. The highest BCUT2D eigenvalue weighted by Gasteiger charge is 2.24. The number of halogens is 1. The molecule has 7 nitrogen and oxygen atoms in total. The van der Waals surface area contributed by atoms with E-state index in [4.69, 9.17) is 0 Å². The molecular formula is C22H20FN5O2. The lowest BCUT2D eigenvalue weighted by atomic mass is 10.2. The van der Waals surface area contributed by atoms with Crippen LogP contribution in [0.5, 0.6) is 0 Å². The maximum Gasteiger partial charge on any atom is 0.270 e. The van der Waals surface area contributed by atoms with Crippen LogP contribution >= 0.6 is 0 Å². The minimum absolute atomic E-state index is 0.137. The number of amides is 1. The smallest absolute Gasteiger partial charge is 0.270 e. The summed E-state index contributed by atoms with van der Waals surface area (Å²) in [7, 11) is 0. The Morgan fingerprint density at radius 2 is 1.80 bits per heavy atom. The van der Waals surface area contributed by atoms with Crippen molar-refractivity contribution in [2.24, 2.45) is 0 Å². The molecule has 3 heterocycles. The summed E-state index contributed by atoms with van der Waals surface area (Å²) in [5.41, 5.74) is 1.54. The molecule has 0 radical (unpaired) electrons. The molecule has 2 aromatic heterocycles. The lowest BCUT2D eigenvalue weighted by Crippen LogP contribution is -2.48. The summed E-state index contributed by atoms with van der Waals surface area (Å²) in [6.45, 7) is 2.94. The van der Waals surface area contributed by atoms with Crippen LogP contribution in [-0.2, 0) is 6.54 Å². The van der Waals surface area contributed by atoms with E-state index in [1.54, 1.807) is 29.2 Å². The number of benzene rings is 2. The topological polar surface area (TPSA) is 85.1 Å². The van der Waals surface area contributed by atoms with Gasteiger partial charge in [0.1, 0.15) is 17.3 Å². The van der Waals surface area contributed by atoms with Crippen molar-refractivity contribution < 1.29 is 9.18 Å². The second-order valence-electron chi connectivity index (χ2n) is 7.48. The summed E-state index contributed by atoms with van der Waals surface area (Å²) in [4.78, 5) is 39.4. The average molecular weight is 405 g/mol. The lowest BCUT2D eigenvalue weighted by molar-refractivity contribution is 0.0620. The van der Waals surface area contributed by atoms with Gasteiger partial charge in [0.2, 0.25) is 0 Å². The largest absolute Gasteiger partial charge is 0.350 e. The number of nitrogens with zero attached hydrogens (tertiary/aromatic N) is 3. The Morgan fingerprint density at radius 1 is 1.00 bits per heavy atom. The number of para-hydroxylation sites is 1. The Balaban J connectivity index is 1.26. The van der Waals surface area contributed by atoms with Crippen LogP contribution in [-0.4, -0.2) is 56.8 Å². The number of piperazine rings is 1. The van der Waals surface area contributed by atoms with E-state index < -0.39 is 0 Å². The number of carbonyl (C=O) groups excluding carboxylic acids is 1. The standard InChI is InChI=1S/C22H20FN5O2/c23-16-5-3-7-18-15(16)12-19(24-18)22(30)28-10-8-27(9-11-28)13-20-25-17-6-2-1-4-14(17)21(29)26-20/h1-7,12,24H,8-11,13H2,(H,25,26,29). The second-order valence-corrected chi connectivity index (χ2v) is 7.48. The molecule has 2 N–H and O–H groups in total. The molecule has 1 aliphatic rings. The minimum atomic E-state index is -0.343. The van der Waals surface area contributed by atoms with Crippen molar-refractivity contribution >= 4 is 27.7 Å². The Kier molecular flexibility index (Phi) is 4.55. The molecule has 0 saturated carbocycles. The third-order valence-electron chi connectivity index (χ3n) is 5.54. The van der Waals surface area contributed by atoms with Crippen LogP contribution in [0.3, 0.4) is 0 Å². The van der Waals surface area contributed by atoms with Gasteiger partial charge in [-0.3, -0.25) is 14.5 Å². The highest BCUT2D eigenvalue weighted by atomic mass is 19.1. The van der Waals surface area contributed by atoms with Gasteiger partial charge in [-0.2, -0.15) is 0 Å². The predicted molar refractivity (Wildman–Crippen MR) is 112 cm³/mol. The number of fused-ring (bicyclic) bond motifs is 2. The van der Waals surface area contributed by atoms with Crippen LogP contribution in [0, 0.1) is 5.82 Å². The van der Waals surface area contributed by atoms with E-state index in [1.807, 2.05) is 18.2 Å². The van der Waals surface area contributed by atoms with E-state index in [9.17, 15) is 14.0 Å². The van der Waals surface area contributed by atoms with Gasteiger partial charge in [-0.05, 0) is 30.3 Å². The number of hydrogen-bond donors (Lipinski definition) is 2. The van der Waals surface area contributed by atoms with Crippen molar-refractivity contribution in [1.29, 1.82) is 0 Å². The summed E-state index contributed by atoms with van der Waals surface area (Å²) in [5.74, 6) is 0.136. The Hall–Kier alpha value is -3.52. The third-order valence-corrected chi connectivity index (χ3v) is 5.54. The molecule has 1 amide bonds. The van der Waals surface area contributed by atoms with E-state index in [0.29, 0.717) is 66.0 Å². The van der Waals surface area contributed by atoms with E-state index in [1.165, 1.54) is 6.07 Å². The Labute approximate surface area is 171 Å². The van der Waals surface area contributed by atoms with Gasteiger partial charge in [0.25, 0.3) is 11.5 Å². The first-order valence-corrected chi connectivity index (χ1v) is 9.85. The van der Waals surface area contributed by atoms with Gasteiger partial charge in [0.05, 0.1) is 17.4 Å². The van der Waals surface area contributed by atoms with Crippen LogP contribution < -0.4 is 5.56 Å². The van der Waals surface area contributed by atoms with Crippen molar-refractivity contribution in [3.63, 3.8) is 0 Å². The first-order chi connectivity index (χ1) is 14.6. The van der Waals surface area contributed by atoms with Crippen molar-refractivity contribution in [2.75, 3.05) is 26.2 Å². The van der Waals surface area contributed by atoms with Crippen molar-refractivity contribution in [1.82, 2.24) is 24.8 Å². The first-order valence-electron chi connectivity index (χ1n) is 9.85. The lowest BCUT2D eigenvalue weighted by Gasteiger charge is -2.34. The van der Waals surface area contributed by atoms with Gasteiger partial charge in [-0.1, -0.05) is 18.2 Å². The zero-order valence-electron chi connectivity index (χ0n) is 16.2. The third kappa shape index (κ3) is 3.35. The fourth-order valence-electron chi connectivity index (χ4n) is 3.93. The van der Waals surface area contributed by atoms with Gasteiger partial charge in [-0.25, -0.2) is 9.37 Å².